The number of carbonyl (C=O) groups excluding carboxylic acids is 1. The fourth-order valence-corrected chi connectivity index (χ4v) is 3.04. The minimum atomic E-state index is 0.144. The third-order valence-electron chi connectivity index (χ3n) is 4.46. The summed E-state index contributed by atoms with van der Waals surface area (Å²) in [6.45, 7) is 7.46. The molecule has 23 heavy (non-hydrogen) atoms. The van der Waals surface area contributed by atoms with Gasteiger partial charge in [-0.25, -0.2) is 0 Å². The summed E-state index contributed by atoms with van der Waals surface area (Å²) in [5, 5.41) is 0. The van der Waals surface area contributed by atoms with Crippen LogP contribution in [0.1, 0.15) is 44.0 Å². The molecule has 2 aromatic rings. The summed E-state index contributed by atoms with van der Waals surface area (Å²) in [5.74, 6) is 0.193. The van der Waals surface area contributed by atoms with E-state index < -0.39 is 0 Å². The van der Waals surface area contributed by atoms with Crippen molar-refractivity contribution in [1.82, 2.24) is 4.98 Å². The van der Waals surface area contributed by atoms with Crippen LogP contribution in [0, 0.1) is 0 Å². The van der Waals surface area contributed by atoms with Gasteiger partial charge in [-0.1, -0.05) is 39.0 Å². The highest BCUT2D eigenvalue weighted by atomic mass is 16.2. The Kier molecular flexibility index (Phi) is 4.20. The number of carbonyl (C=O) groups is 1. The lowest BCUT2D eigenvalue weighted by Crippen LogP contribution is -2.29. The van der Waals surface area contributed by atoms with E-state index in [1.54, 1.807) is 6.20 Å². The lowest BCUT2D eigenvalue weighted by Gasteiger charge is -2.21. The number of anilines is 1. The van der Waals surface area contributed by atoms with E-state index in [0.29, 0.717) is 12.8 Å². The summed E-state index contributed by atoms with van der Waals surface area (Å²) >= 11 is 0. The monoisotopic (exact) mass is 308 g/mol. The second-order valence-corrected chi connectivity index (χ2v) is 7.21. The second-order valence-electron chi connectivity index (χ2n) is 7.21. The number of aryl methyl sites for hydroxylation is 1. The van der Waals surface area contributed by atoms with Gasteiger partial charge in [0.15, 0.2) is 0 Å². The van der Waals surface area contributed by atoms with Gasteiger partial charge in [0.05, 0.1) is 0 Å². The molecule has 1 amide bonds. The largest absolute Gasteiger partial charge is 0.312 e. The molecular formula is C20H24N2O. The van der Waals surface area contributed by atoms with E-state index in [9.17, 15) is 4.79 Å². The predicted octanol–water partition coefficient (Wildman–Crippen LogP) is 3.90. The first-order valence-corrected chi connectivity index (χ1v) is 8.29. The van der Waals surface area contributed by atoms with Gasteiger partial charge < -0.3 is 4.90 Å². The maximum Gasteiger partial charge on any atom is 0.227 e. The van der Waals surface area contributed by atoms with Crippen LogP contribution in [0.5, 0.6) is 0 Å². The van der Waals surface area contributed by atoms with Crippen molar-refractivity contribution >= 4 is 11.6 Å². The van der Waals surface area contributed by atoms with E-state index in [0.717, 1.165) is 24.3 Å². The van der Waals surface area contributed by atoms with Gasteiger partial charge in [0.1, 0.15) is 0 Å². The van der Waals surface area contributed by atoms with Gasteiger partial charge in [0.2, 0.25) is 5.91 Å². The first-order chi connectivity index (χ1) is 10.9. The Balaban J connectivity index is 1.71. The van der Waals surface area contributed by atoms with Crippen molar-refractivity contribution in [2.24, 2.45) is 0 Å². The molecule has 0 fully saturated rings. The molecule has 0 N–H and O–H groups in total. The average Bonchev–Trinajstić information content (AvgIpc) is 2.96. The van der Waals surface area contributed by atoms with Crippen LogP contribution in [0.15, 0.2) is 42.6 Å². The molecule has 3 nitrogen and oxygen atoms in total. The lowest BCUT2D eigenvalue weighted by atomic mass is 9.86. The average molecular weight is 308 g/mol. The standard InChI is InChI=1S/C20H24N2O/c1-20(2,3)16-7-9-18-15(14-16)11-13-22(18)19(23)10-8-17-6-4-5-12-21-17/h4-7,9,12,14H,8,10-11,13H2,1-3H3. The van der Waals surface area contributed by atoms with E-state index in [4.69, 9.17) is 0 Å². The van der Waals surface area contributed by atoms with Gasteiger partial charge in [0, 0.05) is 30.5 Å². The summed E-state index contributed by atoms with van der Waals surface area (Å²) in [6.07, 6.45) is 3.94. The molecule has 0 aliphatic carbocycles. The summed E-state index contributed by atoms with van der Waals surface area (Å²) in [5.41, 5.74) is 4.83. The van der Waals surface area contributed by atoms with Crippen LogP contribution in [0.4, 0.5) is 5.69 Å². The Morgan fingerprint density at radius 3 is 2.74 bits per heavy atom. The molecule has 3 heteroatoms. The first kappa shape index (κ1) is 15.7. The van der Waals surface area contributed by atoms with E-state index in [1.807, 2.05) is 23.1 Å². The molecule has 0 radical (unpaired) electrons. The molecule has 1 aliphatic rings. The summed E-state index contributed by atoms with van der Waals surface area (Å²) in [7, 11) is 0. The summed E-state index contributed by atoms with van der Waals surface area (Å²) in [6, 6.07) is 12.4. The Labute approximate surface area is 138 Å². The fraction of sp³-hybridized carbons (Fsp3) is 0.400. The Bertz CT molecular complexity index is 701. The smallest absolute Gasteiger partial charge is 0.227 e. The topological polar surface area (TPSA) is 33.2 Å². The lowest BCUT2D eigenvalue weighted by molar-refractivity contribution is -0.118. The normalized spacial score (nSPS) is 14.0. The molecule has 0 unspecified atom stereocenters. The van der Waals surface area contributed by atoms with Gasteiger partial charge in [0.25, 0.3) is 0 Å². The minimum Gasteiger partial charge on any atom is -0.312 e. The zero-order chi connectivity index (χ0) is 16.4. The Morgan fingerprint density at radius 2 is 2.04 bits per heavy atom. The molecule has 0 atom stereocenters. The number of rotatable bonds is 3. The highest BCUT2D eigenvalue weighted by Crippen LogP contribution is 2.33. The zero-order valence-electron chi connectivity index (χ0n) is 14.2. The minimum absolute atomic E-state index is 0.144. The van der Waals surface area contributed by atoms with Crippen LogP contribution in [0.2, 0.25) is 0 Å². The SMILES string of the molecule is CC(C)(C)c1ccc2c(c1)CCN2C(=O)CCc1ccccn1. The van der Waals surface area contributed by atoms with Crippen LogP contribution in [0.25, 0.3) is 0 Å². The molecule has 0 saturated heterocycles. The van der Waals surface area contributed by atoms with Gasteiger partial charge >= 0.3 is 0 Å². The quantitative estimate of drug-likeness (QED) is 0.861. The maximum absolute atomic E-state index is 12.6. The summed E-state index contributed by atoms with van der Waals surface area (Å²) < 4.78 is 0. The van der Waals surface area contributed by atoms with Crippen LogP contribution in [-0.2, 0) is 23.1 Å². The van der Waals surface area contributed by atoms with Gasteiger partial charge in [-0.2, -0.15) is 0 Å². The Hall–Kier alpha value is -2.16. The Morgan fingerprint density at radius 1 is 1.22 bits per heavy atom. The van der Waals surface area contributed by atoms with Gasteiger partial charge in [-0.15, -0.1) is 0 Å². The predicted molar refractivity (Wildman–Crippen MR) is 93.8 cm³/mol. The van der Waals surface area contributed by atoms with Crippen LogP contribution < -0.4 is 4.90 Å². The number of fused-ring (bicyclic) bond motifs is 1. The molecule has 0 saturated carbocycles. The molecule has 0 spiro atoms. The second kappa shape index (κ2) is 6.15. The van der Waals surface area contributed by atoms with E-state index in [-0.39, 0.29) is 11.3 Å². The number of amides is 1. The molecule has 0 bridgehead atoms. The van der Waals surface area contributed by atoms with Crippen LogP contribution >= 0.6 is 0 Å². The molecule has 2 heterocycles. The molecular weight excluding hydrogens is 284 g/mol. The van der Waals surface area contributed by atoms with Crippen molar-refractivity contribution in [3.05, 3.63) is 59.4 Å². The molecule has 120 valence electrons. The van der Waals surface area contributed by atoms with E-state index >= 15 is 0 Å². The number of benzene rings is 1. The first-order valence-electron chi connectivity index (χ1n) is 8.29. The van der Waals surface area contributed by atoms with Crippen molar-refractivity contribution in [1.29, 1.82) is 0 Å². The van der Waals surface area contributed by atoms with Crippen LogP contribution in [-0.4, -0.2) is 17.4 Å². The van der Waals surface area contributed by atoms with Crippen molar-refractivity contribution in [2.45, 2.75) is 45.4 Å². The van der Waals surface area contributed by atoms with Crippen LogP contribution in [0.3, 0.4) is 0 Å². The molecule has 1 aromatic heterocycles. The highest BCUT2D eigenvalue weighted by molar-refractivity contribution is 5.95. The third kappa shape index (κ3) is 3.44. The van der Waals surface area contributed by atoms with Gasteiger partial charge in [-0.3, -0.25) is 9.78 Å². The maximum atomic E-state index is 12.6. The van der Waals surface area contributed by atoms with Gasteiger partial charge in [-0.05, 0) is 47.6 Å². The fourth-order valence-electron chi connectivity index (χ4n) is 3.04. The van der Waals surface area contributed by atoms with E-state index in [1.165, 1.54) is 11.1 Å². The molecule has 1 aromatic carbocycles. The summed E-state index contributed by atoms with van der Waals surface area (Å²) in [4.78, 5) is 18.8. The number of aromatic nitrogens is 1. The third-order valence-corrected chi connectivity index (χ3v) is 4.46. The molecule has 3 rings (SSSR count). The van der Waals surface area contributed by atoms with Crippen molar-refractivity contribution in [3.63, 3.8) is 0 Å². The highest BCUT2D eigenvalue weighted by Gasteiger charge is 2.26. The van der Waals surface area contributed by atoms with Crippen molar-refractivity contribution < 1.29 is 4.79 Å². The number of hydrogen-bond donors (Lipinski definition) is 0. The number of pyridine rings is 1. The number of hydrogen-bond acceptors (Lipinski definition) is 2. The zero-order valence-corrected chi connectivity index (χ0v) is 14.2. The van der Waals surface area contributed by atoms with Crippen molar-refractivity contribution in [2.75, 3.05) is 11.4 Å². The van der Waals surface area contributed by atoms with E-state index in [2.05, 4.69) is 44.0 Å². The number of nitrogens with zero attached hydrogens (tertiary/aromatic N) is 2. The van der Waals surface area contributed by atoms with Crippen molar-refractivity contribution in [3.8, 4) is 0 Å². The molecule has 1 aliphatic heterocycles.